The highest BCUT2D eigenvalue weighted by molar-refractivity contribution is 5.27. The molecule has 0 heterocycles. The molecule has 0 saturated carbocycles. The van der Waals surface area contributed by atoms with E-state index in [1.165, 1.54) is 5.56 Å². The molecule has 0 aliphatic carbocycles. The van der Waals surface area contributed by atoms with E-state index < -0.39 is 0 Å². The Kier molecular flexibility index (Phi) is 5.29. The fourth-order valence-electron chi connectivity index (χ4n) is 1.77. The topological polar surface area (TPSA) is 38.5 Å². The summed E-state index contributed by atoms with van der Waals surface area (Å²) in [7, 11) is 5.89. The van der Waals surface area contributed by atoms with Gasteiger partial charge in [-0.25, -0.2) is 0 Å². The molecule has 1 atom stereocenters. The summed E-state index contributed by atoms with van der Waals surface area (Å²) in [6.45, 7) is 0.735. The summed E-state index contributed by atoms with van der Waals surface area (Å²) >= 11 is 0. The standard InChI is InChI=1S/C13H22N2O/c1-15(2)12(8-9-14)10-11-4-6-13(16-3)7-5-11/h4-7,12H,8-10,14H2,1-3H3. The maximum Gasteiger partial charge on any atom is 0.118 e. The Balaban J connectivity index is 2.62. The molecule has 2 N–H and O–H groups in total. The lowest BCUT2D eigenvalue weighted by molar-refractivity contribution is 0.279. The Morgan fingerprint density at radius 1 is 1.25 bits per heavy atom. The molecular formula is C13H22N2O. The van der Waals surface area contributed by atoms with Crippen LogP contribution in [-0.2, 0) is 6.42 Å². The van der Waals surface area contributed by atoms with Crippen molar-refractivity contribution in [1.29, 1.82) is 0 Å². The number of benzene rings is 1. The Hall–Kier alpha value is -1.06. The van der Waals surface area contributed by atoms with Crippen molar-refractivity contribution in [3.63, 3.8) is 0 Å². The number of nitrogens with two attached hydrogens (primary N) is 1. The highest BCUT2D eigenvalue weighted by Gasteiger charge is 2.10. The number of rotatable bonds is 6. The van der Waals surface area contributed by atoms with Gasteiger partial charge in [-0.3, -0.25) is 0 Å². The van der Waals surface area contributed by atoms with E-state index in [0.29, 0.717) is 6.04 Å². The second-order valence-electron chi connectivity index (χ2n) is 4.25. The lowest BCUT2D eigenvalue weighted by Gasteiger charge is -2.23. The van der Waals surface area contributed by atoms with Crippen LogP contribution in [0.4, 0.5) is 0 Å². The molecule has 3 nitrogen and oxygen atoms in total. The van der Waals surface area contributed by atoms with Crippen molar-refractivity contribution < 1.29 is 4.74 Å². The first kappa shape index (κ1) is 13.0. The number of hydrogen-bond acceptors (Lipinski definition) is 3. The third kappa shape index (κ3) is 3.83. The summed E-state index contributed by atoms with van der Waals surface area (Å²) in [5.74, 6) is 0.906. The minimum atomic E-state index is 0.512. The van der Waals surface area contributed by atoms with Crippen LogP contribution in [0.3, 0.4) is 0 Å². The van der Waals surface area contributed by atoms with E-state index in [1.54, 1.807) is 7.11 Å². The molecule has 0 spiro atoms. The molecule has 0 bridgehead atoms. The van der Waals surface area contributed by atoms with Crippen molar-refractivity contribution in [1.82, 2.24) is 4.90 Å². The maximum absolute atomic E-state index is 5.62. The van der Waals surface area contributed by atoms with Gasteiger partial charge in [0.15, 0.2) is 0 Å². The Bertz CT molecular complexity index is 295. The highest BCUT2D eigenvalue weighted by Crippen LogP contribution is 2.14. The first-order valence-electron chi connectivity index (χ1n) is 5.66. The van der Waals surface area contributed by atoms with E-state index in [0.717, 1.165) is 25.1 Å². The van der Waals surface area contributed by atoms with Gasteiger partial charge >= 0.3 is 0 Å². The molecule has 1 aromatic carbocycles. The van der Waals surface area contributed by atoms with Crippen LogP contribution in [0, 0.1) is 0 Å². The summed E-state index contributed by atoms with van der Waals surface area (Å²) in [6.07, 6.45) is 2.06. The predicted octanol–water partition coefficient (Wildman–Crippen LogP) is 1.52. The molecule has 1 unspecified atom stereocenters. The Morgan fingerprint density at radius 2 is 1.88 bits per heavy atom. The number of ether oxygens (including phenoxy) is 1. The van der Waals surface area contributed by atoms with Crippen LogP contribution in [0.2, 0.25) is 0 Å². The van der Waals surface area contributed by atoms with Gasteiger partial charge in [-0.05, 0) is 51.2 Å². The first-order valence-corrected chi connectivity index (χ1v) is 5.66. The van der Waals surface area contributed by atoms with Crippen LogP contribution >= 0.6 is 0 Å². The van der Waals surface area contributed by atoms with E-state index in [4.69, 9.17) is 10.5 Å². The lowest BCUT2D eigenvalue weighted by Crippen LogP contribution is -2.32. The van der Waals surface area contributed by atoms with Crippen LogP contribution in [0.5, 0.6) is 5.75 Å². The quantitative estimate of drug-likeness (QED) is 0.793. The van der Waals surface area contributed by atoms with E-state index in [-0.39, 0.29) is 0 Å². The minimum Gasteiger partial charge on any atom is -0.497 e. The molecule has 90 valence electrons. The molecule has 0 aliphatic heterocycles. The SMILES string of the molecule is COc1ccc(CC(CCN)N(C)C)cc1. The van der Waals surface area contributed by atoms with Crippen LogP contribution in [0.15, 0.2) is 24.3 Å². The molecule has 0 aliphatic rings. The third-order valence-corrected chi connectivity index (χ3v) is 2.86. The van der Waals surface area contributed by atoms with Gasteiger partial charge in [-0.15, -0.1) is 0 Å². The lowest BCUT2D eigenvalue weighted by atomic mass is 10.0. The molecule has 1 aromatic rings. The van der Waals surface area contributed by atoms with Crippen molar-refractivity contribution in [2.75, 3.05) is 27.7 Å². The molecule has 0 aromatic heterocycles. The summed E-state index contributed by atoms with van der Waals surface area (Å²) in [4.78, 5) is 2.23. The molecule has 3 heteroatoms. The van der Waals surface area contributed by atoms with Crippen molar-refractivity contribution in [3.8, 4) is 5.75 Å². The molecule has 0 amide bonds. The molecule has 16 heavy (non-hydrogen) atoms. The van der Waals surface area contributed by atoms with Gasteiger partial charge < -0.3 is 15.4 Å². The van der Waals surface area contributed by atoms with Crippen molar-refractivity contribution in [2.45, 2.75) is 18.9 Å². The fourth-order valence-corrected chi connectivity index (χ4v) is 1.77. The molecule has 0 saturated heterocycles. The smallest absolute Gasteiger partial charge is 0.118 e. The summed E-state index contributed by atoms with van der Waals surface area (Å²) in [5, 5.41) is 0. The normalized spacial score (nSPS) is 12.8. The van der Waals surface area contributed by atoms with Crippen LogP contribution in [0.25, 0.3) is 0 Å². The van der Waals surface area contributed by atoms with Crippen molar-refractivity contribution in [3.05, 3.63) is 29.8 Å². The monoisotopic (exact) mass is 222 g/mol. The van der Waals surface area contributed by atoms with Gasteiger partial charge in [0.2, 0.25) is 0 Å². The zero-order valence-corrected chi connectivity index (χ0v) is 10.4. The predicted molar refractivity (Wildman–Crippen MR) is 67.8 cm³/mol. The highest BCUT2D eigenvalue weighted by atomic mass is 16.5. The van der Waals surface area contributed by atoms with Crippen molar-refractivity contribution in [2.24, 2.45) is 5.73 Å². The van der Waals surface area contributed by atoms with Crippen LogP contribution in [0.1, 0.15) is 12.0 Å². The Morgan fingerprint density at radius 3 is 2.31 bits per heavy atom. The number of methoxy groups -OCH3 is 1. The van der Waals surface area contributed by atoms with Gasteiger partial charge in [-0.1, -0.05) is 12.1 Å². The first-order chi connectivity index (χ1) is 7.67. The summed E-state index contributed by atoms with van der Waals surface area (Å²) in [6, 6.07) is 8.76. The summed E-state index contributed by atoms with van der Waals surface area (Å²) < 4.78 is 5.14. The average Bonchev–Trinajstić information content (AvgIpc) is 2.29. The molecule has 1 rings (SSSR count). The molecule has 0 radical (unpaired) electrons. The van der Waals surface area contributed by atoms with Gasteiger partial charge in [0, 0.05) is 6.04 Å². The Labute approximate surface area is 98.2 Å². The maximum atomic E-state index is 5.62. The van der Waals surface area contributed by atoms with Crippen LogP contribution in [-0.4, -0.2) is 38.7 Å². The average molecular weight is 222 g/mol. The fraction of sp³-hybridized carbons (Fsp3) is 0.538. The zero-order chi connectivity index (χ0) is 12.0. The number of hydrogen-bond donors (Lipinski definition) is 1. The van der Waals surface area contributed by atoms with E-state index in [1.807, 2.05) is 12.1 Å². The van der Waals surface area contributed by atoms with Gasteiger partial charge in [-0.2, -0.15) is 0 Å². The van der Waals surface area contributed by atoms with E-state index in [9.17, 15) is 0 Å². The second kappa shape index (κ2) is 6.51. The summed E-state index contributed by atoms with van der Waals surface area (Å²) in [5.41, 5.74) is 6.95. The molecule has 0 fully saturated rings. The van der Waals surface area contributed by atoms with Gasteiger partial charge in [0.1, 0.15) is 5.75 Å². The second-order valence-corrected chi connectivity index (χ2v) is 4.25. The van der Waals surface area contributed by atoms with Crippen molar-refractivity contribution >= 4 is 0 Å². The van der Waals surface area contributed by atoms with E-state index in [2.05, 4.69) is 31.1 Å². The zero-order valence-electron chi connectivity index (χ0n) is 10.4. The largest absolute Gasteiger partial charge is 0.497 e. The number of nitrogens with zero attached hydrogens (tertiary/aromatic N) is 1. The third-order valence-electron chi connectivity index (χ3n) is 2.86. The van der Waals surface area contributed by atoms with E-state index >= 15 is 0 Å². The minimum absolute atomic E-state index is 0.512. The van der Waals surface area contributed by atoms with Crippen LogP contribution < -0.4 is 10.5 Å². The number of likely N-dealkylation sites (N-methyl/N-ethyl adjacent to an activating group) is 1. The van der Waals surface area contributed by atoms with Gasteiger partial charge in [0.05, 0.1) is 7.11 Å². The van der Waals surface area contributed by atoms with Gasteiger partial charge in [0.25, 0.3) is 0 Å². The molecular weight excluding hydrogens is 200 g/mol.